The number of nitrogens with one attached hydrogen (secondary N) is 1. The second-order valence-corrected chi connectivity index (χ2v) is 5.45. The van der Waals surface area contributed by atoms with Crippen LogP contribution in [-0.2, 0) is 0 Å². The molecule has 1 aromatic rings. The summed E-state index contributed by atoms with van der Waals surface area (Å²) in [4.78, 5) is 17.1. The monoisotopic (exact) mass is 295 g/mol. The Balaban J connectivity index is 2.03. The highest BCUT2D eigenvalue weighted by atomic mass is 16.5. The van der Waals surface area contributed by atoms with Gasteiger partial charge >= 0.3 is 6.01 Å². The molecule has 118 valence electrons. The van der Waals surface area contributed by atoms with Crippen LogP contribution in [0, 0.1) is 5.92 Å². The maximum atomic E-state index is 5.40. The van der Waals surface area contributed by atoms with Gasteiger partial charge in [-0.1, -0.05) is 0 Å². The Kier molecular flexibility index (Phi) is 5.51. The molecule has 0 atom stereocenters. The van der Waals surface area contributed by atoms with Gasteiger partial charge in [0.1, 0.15) is 0 Å². The minimum atomic E-state index is 0.297. The van der Waals surface area contributed by atoms with Crippen molar-refractivity contribution in [1.29, 1.82) is 0 Å². The lowest BCUT2D eigenvalue weighted by atomic mass is 9.97. The molecule has 0 aromatic carbocycles. The first-order valence-electron chi connectivity index (χ1n) is 7.37. The number of nitrogen functional groups attached to an aromatic ring is 1. The van der Waals surface area contributed by atoms with Crippen molar-refractivity contribution in [2.45, 2.75) is 19.8 Å². The summed E-state index contributed by atoms with van der Waals surface area (Å²) in [6.07, 6.45) is 2.40. The number of likely N-dealkylation sites (tertiary alicyclic amines) is 1. The lowest BCUT2D eigenvalue weighted by molar-refractivity contribution is 0.222. The van der Waals surface area contributed by atoms with E-state index in [1.807, 2.05) is 18.9 Å². The minimum absolute atomic E-state index is 0.297. The number of hydrazine groups is 1. The number of rotatable bonds is 6. The molecule has 0 unspecified atom stereocenters. The molecule has 2 rings (SSSR count). The van der Waals surface area contributed by atoms with Crippen LogP contribution in [0.1, 0.15) is 19.8 Å². The quantitative estimate of drug-likeness (QED) is 0.573. The molecule has 0 bridgehead atoms. The molecule has 1 saturated heterocycles. The lowest BCUT2D eigenvalue weighted by Crippen LogP contribution is -2.36. The van der Waals surface area contributed by atoms with Crippen molar-refractivity contribution in [1.82, 2.24) is 19.9 Å². The first-order chi connectivity index (χ1) is 10.1. The van der Waals surface area contributed by atoms with Gasteiger partial charge in [0.05, 0.1) is 6.61 Å². The number of ether oxygens (including phenoxy) is 1. The van der Waals surface area contributed by atoms with Crippen LogP contribution >= 0.6 is 0 Å². The molecule has 0 aliphatic carbocycles. The van der Waals surface area contributed by atoms with Crippen LogP contribution in [0.5, 0.6) is 6.01 Å². The molecule has 8 nitrogen and oxygen atoms in total. The zero-order valence-corrected chi connectivity index (χ0v) is 13.0. The Morgan fingerprint density at radius 2 is 2.05 bits per heavy atom. The average Bonchev–Trinajstić information content (AvgIpc) is 2.49. The molecule has 1 aromatic heterocycles. The number of hydrogen-bond acceptors (Lipinski definition) is 8. The van der Waals surface area contributed by atoms with E-state index in [-0.39, 0.29) is 0 Å². The van der Waals surface area contributed by atoms with E-state index in [1.165, 1.54) is 12.8 Å². The van der Waals surface area contributed by atoms with Crippen molar-refractivity contribution < 1.29 is 4.74 Å². The van der Waals surface area contributed by atoms with E-state index in [0.717, 1.165) is 19.6 Å². The Bertz CT molecular complexity index is 448. The molecule has 0 radical (unpaired) electrons. The second kappa shape index (κ2) is 7.37. The van der Waals surface area contributed by atoms with Crippen molar-refractivity contribution in [3.63, 3.8) is 0 Å². The highest BCUT2D eigenvalue weighted by Crippen LogP contribution is 2.20. The number of anilines is 2. The number of nitrogens with two attached hydrogens (primary N) is 1. The Morgan fingerprint density at radius 1 is 1.33 bits per heavy atom. The normalized spacial score (nSPS) is 16.8. The average molecular weight is 295 g/mol. The molecule has 21 heavy (non-hydrogen) atoms. The zero-order valence-electron chi connectivity index (χ0n) is 13.0. The molecule has 0 amide bonds. The van der Waals surface area contributed by atoms with Crippen LogP contribution in [0.15, 0.2) is 0 Å². The molecule has 0 spiro atoms. The SMILES string of the molecule is CCOc1nc(NN)nc(N(C)CC2CCN(C)CC2)n1. The molecule has 1 aliphatic heterocycles. The maximum Gasteiger partial charge on any atom is 0.323 e. The Labute approximate surface area is 125 Å². The van der Waals surface area contributed by atoms with Crippen molar-refractivity contribution in [2.75, 3.05) is 50.7 Å². The van der Waals surface area contributed by atoms with E-state index in [0.29, 0.717) is 30.4 Å². The van der Waals surface area contributed by atoms with Crippen molar-refractivity contribution in [2.24, 2.45) is 11.8 Å². The predicted octanol–water partition coefficient (Wildman–Crippen LogP) is 0.334. The van der Waals surface area contributed by atoms with Gasteiger partial charge < -0.3 is 14.5 Å². The summed E-state index contributed by atoms with van der Waals surface area (Å²) in [6.45, 7) is 5.62. The van der Waals surface area contributed by atoms with Crippen molar-refractivity contribution in [3.8, 4) is 6.01 Å². The largest absolute Gasteiger partial charge is 0.464 e. The summed E-state index contributed by atoms with van der Waals surface area (Å²) in [5, 5.41) is 0. The van der Waals surface area contributed by atoms with Crippen LogP contribution < -0.4 is 20.9 Å². The van der Waals surface area contributed by atoms with Gasteiger partial charge in [-0.25, -0.2) is 5.84 Å². The fourth-order valence-corrected chi connectivity index (χ4v) is 2.49. The third-order valence-corrected chi connectivity index (χ3v) is 3.72. The van der Waals surface area contributed by atoms with Gasteiger partial charge in [-0.15, -0.1) is 0 Å². The van der Waals surface area contributed by atoms with Crippen molar-refractivity contribution in [3.05, 3.63) is 0 Å². The summed E-state index contributed by atoms with van der Waals surface area (Å²) in [6, 6.07) is 0.297. The summed E-state index contributed by atoms with van der Waals surface area (Å²) in [5.41, 5.74) is 2.45. The number of piperidine rings is 1. The second-order valence-electron chi connectivity index (χ2n) is 5.45. The Hall–Kier alpha value is -1.67. The van der Waals surface area contributed by atoms with Crippen LogP contribution in [-0.4, -0.2) is 60.2 Å². The fraction of sp³-hybridized carbons (Fsp3) is 0.769. The third-order valence-electron chi connectivity index (χ3n) is 3.72. The first-order valence-corrected chi connectivity index (χ1v) is 7.37. The van der Waals surface area contributed by atoms with Gasteiger partial charge in [0.15, 0.2) is 0 Å². The van der Waals surface area contributed by atoms with E-state index < -0.39 is 0 Å². The molecule has 8 heteroatoms. The number of hydrogen-bond donors (Lipinski definition) is 2. The van der Waals surface area contributed by atoms with Crippen LogP contribution in [0.2, 0.25) is 0 Å². The van der Waals surface area contributed by atoms with Crippen molar-refractivity contribution >= 4 is 11.9 Å². The Morgan fingerprint density at radius 3 is 2.67 bits per heavy atom. The molecule has 2 heterocycles. The number of aromatic nitrogens is 3. The van der Waals surface area contributed by atoms with Crippen LogP contribution in [0.25, 0.3) is 0 Å². The third kappa shape index (κ3) is 4.40. The summed E-state index contributed by atoms with van der Waals surface area (Å²) in [7, 11) is 4.16. The highest BCUT2D eigenvalue weighted by Gasteiger charge is 2.20. The van der Waals surface area contributed by atoms with Gasteiger partial charge in [-0.05, 0) is 45.8 Å². The van der Waals surface area contributed by atoms with Gasteiger partial charge in [-0.2, -0.15) is 15.0 Å². The van der Waals surface area contributed by atoms with Gasteiger partial charge in [0, 0.05) is 13.6 Å². The summed E-state index contributed by atoms with van der Waals surface area (Å²) < 4.78 is 5.35. The molecule has 3 N–H and O–H groups in total. The minimum Gasteiger partial charge on any atom is -0.464 e. The zero-order chi connectivity index (χ0) is 15.2. The number of nitrogens with zero attached hydrogens (tertiary/aromatic N) is 5. The van der Waals surface area contributed by atoms with E-state index >= 15 is 0 Å². The smallest absolute Gasteiger partial charge is 0.323 e. The van der Waals surface area contributed by atoms with E-state index in [4.69, 9.17) is 10.6 Å². The predicted molar refractivity (Wildman–Crippen MR) is 82.3 cm³/mol. The van der Waals surface area contributed by atoms with Crippen LogP contribution in [0.3, 0.4) is 0 Å². The van der Waals surface area contributed by atoms with Gasteiger partial charge in [-0.3, -0.25) is 5.43 Å². The molecule has 1 aliphatic rings. The van der Waals surface area contributed by atoms with E-state index in [9.17, 15) is 0 Å². The molecular formula is C13H25N7O. The van der Waals surface area contributed by atoms with E-state index in [1.54, 1.807) is 0 Å². The van der Waals surface area contributed by atoms with Crippen LogP contribution in [0.4, 0.5) is 11.9 Å². The lowest BCUT2D eigenvalue weighted by Gasteiger charge is -2.31. The van der Waals surface area contributed by atoms with Gasteiger partial charge in [0.2, 0.25) is 11.9 Å². The summed E-state index contributed by atoms with van der Waals surface area (Å²) in [5.74, 6) is 6.96. The molecular weight excluding hydrogens is 270 g/mol. The van der Waals surface area contributed by atoms with E-state index in [2.05, 4.69) is 32.3 Å². The highest BCUT2D eigenvalue weighted by molar-refractivity contribution is 5.37. The maximum absolute atomic E-state index is 5.40. The fourth-order valence-electron chi connectivity index (χ4n) is 2.49. The molecule has 1 fully saturated rings. The molecule has 0 saturated carbocycles. The standard InChI is InChI=1S/C13H25N7O/c1-4-21-13-16-11(18-14)15-12(17-13)20(3)9-10-5-7-19(2)8-6-10/h10H,4-9,14H2,1-3H3,(H,15,16,17,18). The first kappa shape index (κ1) is 15.7. The topological polar surface area (TPSA) is 92.4 Å². The van der Waals surface area contributed by atoms with Gasteiger partial charge in [0.25, 0.3) is 0 Å². The summed E-state index contributed by atoms with van der Waals surface area (Å²) >= 11 is 0.